The minimum absolute atomic E-state index is 0.163. The van der Waals surface area contributed by atoms with Crippen LogP contribution in [0.2, 0.25) is 0 Å². The van der Waals surface area contributed by atoms with E-state index in [1.165, 1.54) is 12.1 Å². The molecule has 1 saturated heterocycles. The van der Waals surface area contributed by atoms with E-state index in [0.29, 0.717) is 19.6 Å². The minimum atomic E-state index is -0.259. The summed E-state index contributed by atoms with van der Waals surface area (Å²) in [5.74, 6) is 0.637. The number of hydrogen-bond donors (Lipinski definition) is 1. The Kier molecular flexibility index (Phi) is 5.43. The molecular weight excluding hydrogens is 307 g/mol. The first-order valence-corrected chi connectivity index (χ1v) is 8.21. The lowest BCUT2D eigenvalue weighted by Gasteiger charge is -2.27. The third-order valence-electron chi connectivity index (χ3n) is 4.02. The molecule has 0 aromatic heterocycles. The molecule has 5 heteroatoms. The highest BCUT2D eigenvalue weighted by Gasteiger charge is 2.17. The van der Waals surface area contributed by atoms with Crippen LogP contribution in [0.1, 0.15) is 30.4 Å². The van der Waals surface area contributed by atoms with Crippen molar-refractivity contribution in [2.45, 2.75) is 32.4 Å². The molecule has 1 aliphatic heterocycles. The smallest absolute Gasteiger partial charge is 0.236 e. The lowest BCUT2D eigenvalue weighted by molar-refractivity contribution is -0.136. The van der Waals surface area contributed by atoms with Crippen molar-refractivity contribution < 1.29 is 13.9 Å². The van der Waals surface area contributed by atoms with Crippen molar-refractivity contribution >= 4 is 5.91 Å². The van der Waals surface area contributed by atoms with Crippen molar-refractivity contribution in [1.29, 1.82) is 0 Å². The molecule has 1 heterocycles. The molecule has 4 nitrogen and oxygen atoms in total. The van der Waals surface area contributed by atoms with Gasteiger partial charge in [-0.15, -0.1) is 0 Å². The molecule has 0 saturated carbocycles. The van der Waals surface area contributed by atoms with Gasteiger partial charge in [0.05, 0.1) is 0 Å². The van der Waals surface area contributed by atoms with Gasteiger partial charge >= 0.3 is 0 Å². The topological polar surface area (TPSA) is 41.6 Å². The van der Waals surface area contributed by atoms with Gasteiger partial charge in [-0.2, -0.15) is 0 Å². The lowest BCUT2D eigenvalue weighted by atomic mass is 10.1. The second kappa shape index (κ2) is 7.93. The van der Waals surface area contributed by atoms with E-state index in [-0.39, 0.29) is 11.7 Å². The summed E-state index contributed by atoms with van der Waals surface area (Å²) in [5.41, 5.74) is 5.04. The minimum Gasteiger partial charge on any atom is -0.489 e. The summed E-state index contributed by atoms with van der Waals surface area (Å²) in [6.07, 6.45) is 2.65. The third-order valence-corrected chi connectivity index (χ3v) is 4.02. The number of carbonyl (C=O) groups is 1. The van der Waals surface area contributed by atoms with Gasteiger partial charge in [-0.25, -0.2) is 9.82 Å². The van der Waals surface area contributed by atoms with Crippen LogP contribution in [-0.4, -0.2) is 17.5 Å². The molecule has 0 bridgehead atoms. The van der Waals surface area contributed by atoms with Crippen LogP contribution in [0.5, 0.6) is 5.75 Å². The molecular formula is C19H21FN2O2. The number of piperidine rings is 1. The largest absolute Gasteiger partial charge is 0.489 e. The van der Waals surface area contributed by atoms with Crippen LogP contribution in [0.3, 0.4) is 0 Å². The van der Waals surface area contributed by atoms with Gasteiger partial charge < -0.3 is 4.74 Å². The summed E-state index contributed by atoms with van der Waals surface area (Å²) < 4.78 is 18.8. The Morgan fingerprint density at radius 2 is 1.92 bits per heavy atom. The summed E-state index contributed by atoms with van der Waals surface area (Å²) in [5, 5.41) is 1.71. The Bertz CT molecular complexity index is 688. The highest BCUT2D eigenvalue weighted by atomic mass is 19.1. The molecule has 3 rings (SSSR count). The molecule has 0 unspecified atom stereocenters. The molecule has 1 aliphatic rings. The van der Waals surface area contributed by atoms with Crippen LogP contribution in [0, 0.1) is 5.82 Å². The number of halogens is 1. The highest BCUT2D eigenvalue weighted by molar-refractivity contribution is 5.76. The molecule has 0 atom stereocenters. The van der Waals surface area contributed by atoms with Crippen LogP contribution < -0.4 is 10.2 Å². The fourth-order valence-electron chi connectivity index (χ4n) is 2.66. The number of nitrogens with one attached hydrogen (secondary N) is 1. The quantitative estimate of drug-likeness (QED) is 0.883. The van der Waals surface area contributed by atoms with E-state index in [1.54, 1.807) is 11.1 Å². The summed E-state index contributed by atoms with van der Waals surface area (Å²) in [7, 11) is 0. The Labute approximate surface area is 141 Å². The second-order valence-electron chi connectivity index (χ2n) is 5.90. The van der Waals surface area contributed by atoms with Gasteiger partial charge in [-0.05, 0) is 48.2 Å². The molecule has 24 heavy (non-hydrogen) atoms. The maximum atomic E-state index is 13.1. The molecule has 0 radical (unpaired) electrons. The van der Waals surface area contributed by atoms with E-state index in [1.807, 2.05) is 30.3 Å². The van der Waals surface area contributed by atoms with Crippen molar-refractivity contribution in [3.63, 3.8) is 0 Å². The maximum absolute atomic E-state index is 13.1. The van der Waals surface area contributed by atoms with Gasteiger partial charge in [-0.1, -0.05) is 24.3 Å². The summed E-state index contributed by atoms with van der Waals surface area (Å²) in [6, 6.07) is 14.1. The maximum Gasteiger partial charge on any atom is 0.236 e. The van der Waals surface area contributed by atoms with Crippen molar-refractivity contribution in [2.75, 3.05) is 6.54 Å². The van der Waals surface area contributed by atoms with E-state index >= 15 is 0 Å². The average Bonchev–Trinajstić information content (AvgIpc) is 2.60. The van der Waals surface area contributed by atoms with Gasteiger partial charge in [0.2, 0.25) is 5.91 Å². The predicted octanol–water partition coefficient (Wildman–Crippen LogP) is 3.42. The lowest BCUT2D eigenvalue weighted by Crippen LogP contribution is -2.45. The molecule has 0 aliphatic carbocycles. The average molecular weight is 328 g/mol. The highest BCUT2D eigenvalue weighted by Crippen LogP contribution is 2.15. The summed E-state index contributed by atoms with van der Waals surface area (Å²) in [6.45, 7) is 1.71. The first kappa shape index (κ1) is 16.5. The number of hydrogen-bond acceptors (Lipinski definition) is 3. The van der Waals surface area contributed by atoms with Crippen LogP contribution in [0.15, 0.2) is 48.5 Å². The van der Waals surface area contributed by atoms with E-state index < -0.39 is 0 Å². The fraction of sp³-hybridized carbons (Fsp3) is 0.316. The van der Waals surface area contributed by atoms with Crippen LogP contribution in [0.4, 0.5) is 4.39 Å². The third kappa shape index (κ3) is 4.55. The molecule has 126 valence electrons. The number of carbonyl (C=O) groups excluding carboxylic acids is 1. The van der Waals surface area contributed by atoms with Crippen molar-refractivity contribution in [1.82, 2.24) is 10.4 Å². The zero-order valence-corrected chi connectivity index (χ0v) is 13.5. The zero-order chi connectivity index (χ0) is 16.8. The van der Waals surface area contributed by atoms with E-state index in [4.69, 9.17) is 4.74 Å². The predicted molar refractivity (Wildman–Crippen MR) is 89.6 cm³/mol. The fourth-order valence-corrected chi connectivity index (χ4v) is 2.66. The Morgan fingerprint density at radius 1 is 1.08 bits per heavy atom. The Hall–Kier alpha value is -2.40. The van der Waals surface area contributed by atoms with E-state index in [0.717, 1.165) is 36.3 Å². The van der Waals surface area contributed by atoms with Crippen molar-refractivity contribution in [3.05, 3.63) is 65.5 Å². The van der Waals surface area contributed by atoms with Crippen LogP contribution >= 0.6 is 0 Å². The molecule has 1 N–H and O–H groups in total. The standard InChI is InChI=1S/C19H21FN2O2/c20-17-5-3-4-16(12-17)14-24-18-9-7-15(8-10-18)13-21-22-11-2-1-6-19(22)23/h3-5,7-10,12,21H,1-2,6,11,13-14H2. The second-order valence-corrected chi connectivity index (χ2v) is 5.90. The normalized spacial score (nSPS) is 14.7. The van der Waals surface area contributed by atoms with Crippen LogP contribution in [-0.2, 0) is 17.9 Å². The van der Waals surface area contributed by atoms with Crippen molar-refractivity contribution in [3.8, 4) is 5.75 Å². The first-order valence-electron chi connectivity index (χ1n) is 8.21. The van der Waals surface area contributed by atoms with Crippen LogP contribution in [0.25, 0.3) is 0 Å². The van der Waals surface area contributed by atoms with Gasteiger partial charge in [0.25, 0.3) is 0 Å². The Balaban J connectivity index is 1.49. The number of rotatable bonds is 6. The van der Waals surface area contributed by atoms with Crippen molar-refractivity contribution in [2.24, 2.45) is 0 Å². The van der Waals surface area contributed by atoms with Gasteiger partial charge in [-0.3, -0.25) is 9.80 Å². The number of nitrogens with zero attached hydrogens (tertiary/aromatic N) is 1. The molecule has 1 amide bonds. The molecule has 2 aromatic carbocycles. The number of hydrazine groups is 1. The summed E-state index contributed by atoms with van der Waals surface area (Å²) >= 11 is 0. The molecule has 0 spiro atoms. The van der Waals surface area contributed by atoms with E-state index in [2.05, 4.69) is 5.43 Å². The first-order chi connectivity index (χ1) is 11.7. The Morgan fingerprint density at radius 3 is 2.67 bits per heavy atom. The number of ether oxygens (including phenoxy) is 1. The monoisotopic (exact) mass is 328 g/mol. The SMILES string of the molecule is O=C1CCCCN1NCc1ccc(OCc2cccc(F)c2)cc1. The van der Waals surface area contributed by atoms with Gasteiger partial charge in [0.15, 0.2) is 0 Å². The van der Waals surface area contributed by atoms with E-state index in [9.17, 15) is 9.18 Å². The number of benzene rings is 2. The summed E-state index contributed by atoms with van der Waals surface area (Å²) in [4.78, 5) is 11.7. The number of amides is 1. The van der Waals surface area contributed by atoms with Gasteiger partial charge in [0.1, 0.15) is 18.2 Å². The zero-order valence-electron chi connectivity index (χ0n) is 13.5. The van der Waals surface area contributed by atoms with Gasteiger partial charge in [0, 0.05) is 19.5 Å². The molecule has 1 fully saturated rings. The molecule has 2 aromatic rings.